The standard InChI is InChI=1S/C17H24O4/c1-10(9-15(18)19)7-8-14-13(4)16(20-5)11(2)12(3)17(14)21-6/h9H,7-8H2,1-6H3,(H,18,19). The summed E-state index contributed by atoms with van der Waals surface area (Å²) in [6.45, 7) is 7.87. The summed E-state index contributed by atoms with van der Waals surface area (Å²) in [4.78, 5) is 10.7. The molecule has 1 rings (SSSR count). The van der Waals surface area contributed by atoms with Crippen LogP contribution in [0.1, 0.15) is 35.6 Å². The lowest BCUT2D eigenvalue weighted by atomic mass is 9.93. The number of aliphatic carboxylic acids is 1. The molecule has 0 unspecified atom stereocenters. The summed E-state index contributed by atoms with van der Waals surface area (Å²) in [6, 6.07) is 0. The Morgan fingerprint density at radius 3 is 2.05 bits per heavy atom. The fourth-order valence-electron chi connectivity index (χ4n) is 2.64. The molecule has 1 aromatic carbocycles. The van der Waals surface area contributed by atoms with Crippen molar-refractivity contribution in [3.05, 3.63) is 33.9 Å². The van der Waals surface area contributed by atoms with Crippen molar-refractivity contribution in [2.45, 2.75) is 40.5 Å². The van der Waals surface area contributed by atoms with Crippen LogP contribution in [0.3, 0.4) is 0 Å². The zero-order valence-electron chi connectivity index (χ0n) is 13.7. The van der Waals surface area contributed by atoms with E-state index in [-0.39, 0.29) is 0 Å². The summed E-state index contributed by atoms with van der Waals surface area (Å²) in [7, 11) is 3.33. The van der Waals surface area contributed by atoms with E-state index in [2.05, 4.69) is 0 Å². The quantitative estimate of drug-likeness (QED) is 0.814. The summed E-state index contributed by atoms with van der Waals surface area (Å²) < 4.78 is 11.1. The van der Waals surface area contributed by atoms with Gasteiger partial charge in [0, 0.05) is 11.6 Å². The molecule has 0 aliphatic heterocycles. The number of hydrogen-bond acceptors (Lipinski definition) is 3. The van der Waals surface area contributed by atoms with Crippen molar-refractivity contribution in [2.75, 3.05) is 14.2 Å². The highest BCUT2D eigenvalue weighted by atomic mass is 16.5. The van der Waals surface area contributed by atoms with Gasteiger partial charge in [0.15, 0.2) is 0 Å². The Labute approximate surface area is 126 Å². The maximum atomic E-state index is 10.7. The minimum Gasteiger partial charge on any atom is -0.496 e. The number of rotatable bonds is 6. The summed E-state index contributed by atoms with van der Waals surface area (Å²) in [5.41, 5.74) is 5.11. The van der Waals surface area contributed by atoms with E-state index in [0.29, 0.717) is 6.42 Å². The average Bonchev–Trinajstić information content (AvgIpc) is 2.41. The molecule has 0 radical (unpaired) electrons. The highest BCUT2D eigenvalue weighted by Gasteiger charge is 2.18. The lowest BCUT2D eigenvalue weighted by Crippen LogP contribution is -2.04. The molecule has 116 valence electrons. The zero-order valence-corrected chi connectivity index (χ0v) is 13.7. The third kappa shape index (κ3) is 3.78. The SMILES string of the molecule is COc1c(C)c(C)c(OC)c(CCC(C)=CC(=O)O)c1C. The van der Waals surface area contributed by atoms with Crippen LogP contribution in [0.4, 0.5) is 0 Å². The number of hydrogen-bond donors (Lipinski definition) is 1. The van der Waals surface area contributed by atoms with Crippen LogP contribution in [0.25, 0.3) is 0 Å². The summed E-state index contributed by atoms with van der Waals surface area (Å²) in [5.74, 6) is 0.839. The molecule has 0 atom stereocenters. The predicted molar refractivity (Wildman–Crippen MR) is 83.5 cm³/mol. The van der Waals surface area contributed by atoms with Crippen LogP contribution >= 0.6 is 0 Å². The highest BCUT2D eigenvalue weighted by Crippen LogP contribution is 2.38. The number of carboxylic acids is 1. The molecule has 0 saturated carbocycles. The maximum absolute atomic E-state index is 10.7. The summed E-state index contributed by atoms with van der Waals surface area (Å²) in [6.07, 6.45) is 2.65. The Balaban J connectivity index is 3.22. The molecular formula is C17H24O4. The van der Waals surface area contributed by atoms with E-state index in [1.165, 1.54) is 6.08 Å². The number of methoxy groups -OCH3 is 2. The molecule has 0 fully saturated rings. The van der Waals surface area contributed by atoms with Gasteiger partial charge in [0.05, 0.1) is 14.2 Å². The van der Waals surface area contributed by atoms with E-state index < -0.39 is 5.97 Å². The maximum Gasteiger partial charge on any atom is 0.328 e. The van der Waals surface area contributed by atoms with Gasteiger partial charge in [-0.15, -0.1) is 0 Å². The van der Waals surface area contributed by atoms with Crippen LogP contribution in [0.2, 0.25) is 0 Å². The Kier molecular flexibility index (Phi) is 5.82. The molecule has 4 heteroatoms. The second-order valence-electron chi connectivity index (χ2n) is 5.25. The van der Waals surface area contributed by atoms with Gasteiger partial charge < -0.3 is 14.6 Å². The van der Waals surface area contributed by atoms with Crippen molar-refractivity contribution < 1.29 is 19.4 Å². The van der Waals surface area contributed by atoms with Crippen LogP contribution in [0.5, 0.6) is 11.5 Å². The first-order chi connectivity index (χ1) is 9.83. The molecule has 0 saturated heterocycles. The van der Waals surface area contributed by atoms with E-state index >= 15 is 0 Å². The Bertz CT molecular complexity index is 571. The monoisotopic (exact) mass is 292 g/mol. The van der Waals surface area contributed by atoms with Crippen molar-refractivity contribution in [3.63, 3.8) is 0 Å². The Morgan fingerprint density at radius 1 is 1.05 bits per heavy atom. The molecule has 0 aliphatic rings. The normalized spacial score (nSPS) is 11.4. The number of allylic oxidation sites excluding steroid dienone is 1. The number of benzene rings is 1. The average molecular weight is 292 g/mol. The van der Waals surface area contributed by atoms with E-state index in [1.807, 2.05) is 27.7 Å². The summed E-state index contributed by atoms with van der Waals surface area (Å²) in [5, 5.41) is 8.78. The topological polar surface area (TPSA) is 55.8 Å². The molecule has 0 spiro atoms. The lowest BCUT2D eigenvalue weighted by molar-refractivity contribution is -0.131. The van der Waals surface area contributed by atoms with Gasteiger partial charge >= 0.3 is 5.97 Å². The van der Waals surface area contributed by atoms with Crippen LogP contribution in [0.15, 0.2) is 11.6 Å². The van der Waals surface area contributed by atoms with Crippen molar-refractivity contribution in [1.29, 1.82) is 0 Å². The number of carboxylic acid groups (broad SMARTS) is 1. The Hall–Kier alpha value is -1.97. The van der Waals surface area contributed by atoms with Crippen molar-refractivity contribution in [1.82, 2.24) is 0 Å². The molecule has 0 aromatic heterocycles. The van der Waals surface area contributed by atoms with Crippen molar-refractivity contribution >= 4 is 5.97 Å². The molecule has 0 heterocycles. The van der Waals surface area contributed by atoms with E-state index in [4.69, 9.17) is 14.6 Å². The summed E-state index contributed by atoms with van der Waals surface area (Å²) >= 11 is 0. The van der Waals surface area contributed by atoms with Crippen molar-refractivity contribution in [2.24, 2.45) is 0 Å². The van der Waals surface area contributed by atoms with Gasteiger partial charge in [-0.1, -0.05) is 5.57 Å². The second-order valence-corrected chi connectivity index (χ2v) is 5.25. The van der Waals surface area contributed by atoms with E-state index in [1.54, 1.807) is 14.2 Å². The van der Waals surface area contributed by atoms with Gasteiger partial charge in [-0.25, -0.2) is 4.79 Å². The Morgan fingerprint density at radius 2 is 1.57 bits per heavy atom. The van der Waals surface area contributed by atoms with E-state index in [9.17, 15) is 4.79 Å². The van der Waals surface area contributed by atoms with E-state index in [0.717, 1.165) is 45.7 Å². The van der Waals surface area contributed by atoms with Crippen molar-refractivity contribution in [3.8, 4) is 11.5 Å². The third-order valence-corrected chi connectivity index (χ3v) is 3.86. The first-order valence-electron chi connectivity index (χ1n) is 6.94. The number of carbonyl (C=O) groups is 1. The molecule has 0 aliphatic carbocycles. The van der Waals surface area contributed by atoms with Crippen LogP contribution in [0, 0.1) is 20.8 Å². The number of ether oxygens (including phenoxy) is 2. The molecular weight excluding hydrogens is 268 g/mol. The fourth-order valence-corrected chi connectivity index (χ4v) is 2.64. The molecule has 0 bridgehead atoms. The minimum atomic E-state index is -0.908. The highest BCUT2D eigenvalue weighted by molar-refractivity contribution is 5.80. The van der Waals surface area contributed by atoms with Gasteiger partial charge in [-0.3, -0.25) is 0 Å². The van der Waals surface area contributed by atoms with Crippen LogP contribution < -0.4 is 9.47 Å². The second kappa shape index (κ2) is 7.16. The molecule has 1 aromatic rings. The minimum absolute atomic E-state index is 0.676. The lowest BCUT2D eigenvalue weighted by Gasteiger charge is -2.20. The fraction of sp³-hybridized carbons (Fsp3) is 0.471. The van der Waals surface area contributed by atoms with Gasteiger partial charge in [-0.2, -0.15) is 0 Å². The van der Waals surface area contributed by atoms with Crippen LogP contribution in [-0.2, 0) is 11.2 Å². The van der Waals surface area contributed by atoms with Gasteiger partial charge in [0.25, 0.3) is 0 Å². The molecule has 21 heavy (non-hydrogen) atoms. The largest absolute Gasteiger partial charge is 0.496 e. The predicted octanol–water partition coefficient (Wildman–Crippen LogP) is 3.59. The molecule has 1 N–H and O–H groups in total. The van der Waals surface area contributed by atoms with Gasteiger partial charge in [-0.05, 0) is 57.2 Å². The third-order valence-electron chi connectivity index (χ3n) is 3.86. The van der Waals surface area contributed by atoms with Gasteiger partial charge in [0.1, 0.15) is 11.5 Å². The first kappa shape index (κ1) is 17.1. The molecule has 0 amide bonds. The van der Waals surface area contributed by atoms with Gasteiger partial charge in [0.2, 0.25) is 0 Å². The molecule has 4 nitrogen and oxygen atoms in total. The van der Waals surface area contributed by atoms with Crippen LogP contribution in [-0.4, -0.2) is 25.3 Å². The first-order valence-corrected chi connectivity index (χ1v) is 6.94. The zero-order chi connectivity index (χ0) is 16.2. The smallest absolute Gasteiger partial charge is 0.328 e.